The SMILES string of the molecule is [CH-]1CCCCC1C1CCCC[N-]1.[CH-]1CCCCC1C1CCCC[N-]1.[Ir].c1ccc(-n2c3ccccc3c3cc(C4C[CH-]C(C5CCCC[N-]5)CC4)ccc32)cc1. The van der Waals surface area contributed by atoms with Gasteiger partial charge in [0.1, 0.15) is 0 Å². The molecule has 6 fully saturated rings. The van der Waals surface area contributed by atoms with E-state index in [1.165, 1.54) is 161 Å². The van der Waals surface area contributed by atoms with Crippen molar-refractivity contribution in [1.29, 1.82) is 0 Å². The van der Waals surface area contributed by atoms with Crippen molar-refractivity contribution in [2.45, 2.75) is 152 Å². The van der Waals surface area contributed by atoms with E-state index in [1.807, 2.05) is 0 Å². The fourth-order valence-electron chi connectivity index (χ4n) is 10.9. The Balaban J connectivity index is 0.000000157. The summed E-state index contributed by atoms with van der Waals surface area (Å²) in [5, 5.41) is 17.1. The van der Waals surface area contributed by atoms with E-state index in [9.17, 15) is 0 Å². The molecule has 7 atom stereocenters. The van der Waals surface area contributed by atoms with Gasteiger partial charge in [0.2, 0.25) is 0 Å². The second-order valence-corrected chi connectivity index (χ2v) is 17.7. The minimum atomic E-state index is 0. The number of piperidine rings is 3. The third-order valence-corrected chi connectivity index (χ3v) is 14.0. The van der Waals surface area contributed by atoms with Gasteiger partial charge in [0.25, 0.3) is 0 Å². The standard InChI is InChI=1S/C29H30N2.2C11H19N.Ir/c1-2-8-24(9-3-1)31-28-12-5-4-10-25(28)26-20-23(17-18-29(26)31)21-13-15-22(16-14-21)27-11-6-7-19-30-27;2*1-2-6-10(7-3-1)11-8-4-5-9-12-11;/h1-5,8-10,12,15,17-18,20-22,27H,6-7,11,13-14,16,19H2;2*6,10-11H,1-5,7-9H2;/q3*-2;. The van der Waals surface area contributed by atoms with Crippen molar-refractivity contribution >= 4 is 21.8 Å². The number of aromatic nitrogens is 1. The summed E-state index contributed by atoms with van der Waals surface area (Å²) in [5.41, 5.74) is 5.31. The summed E-state index contributed by atoms with van der Waals surface area (Å²) in [4.78, 5) is 0. The van der Waals surface area contributed by atoms with Crippen LogP contribution in [0.25, 0.3) is 43.4 Å². The molecule has 3 aromatic carbocycles. The van der Waals surface area contributed by atoms with E-state index >= 15 is 0 Å². The van der Waals surface area contributed by atoms with Crippen LogP contribution in [0.1, 0.15) is 140 Å². The number of para-hydroxylation sites is 2. The van der Waals surface area contributed by atoms with Gasteiger partial charge in [0.05, 0.1) is 11.0 Å². The van der Waals surface area contributed by atoms with Crippen molar-refractivity contribution in [1.82, 2.24) is 4.57 Å². The average molecular weight is 929 g/mol. The Kier molecular flexibility index (Phi) is 16.4. The number of nitrogens with zero attached hydrogens (tertiary/aromatic N) is 4. The number of rotatable bonds is 5. The largest absolute Gasteiger partial charge is 0.661 e. The van der Waals surface area contributed by atoms with Crippen LogP contribution >= 0.6 is 0 Å². The van der Waals surface area contributed by atoms with Gasteiger partial charge in [-0.2, -0.15) is 55.1 Å². The maximum absolute atomic E-state index is 4.92. The summed E-state index contributed by atoms with van der Waals surface area (Å²) in [7, 11) is 0. The average Bonchev–Trinajstić information content (AvgIpc) is 3.62. The van der Waals surface area contributed by atoms with E-state index in [4.69, 9.17) is 16.0 Å². The zero-order valence-corrected chi connectivity index (χ0v) is 36.5. The Morgan fingerprint density at radius 2 is 1.00 bits per heavy atom. The van der Waals surface area contributed by atoms with Gasteiger partial charge < -0.3 is 39.8 Å². The van der Waals surface area contributed by atoms with E-state index in [1.54, 1.807) is 0 Å². The van der Waals surface area contributed by atoms with E-state index < -0.39 is 0 Å². The van der Waals surface area contributed by atoms with Gasteiger partial charge in [0, 0.05) is 36.6 Å². The van der Waals surface area contributed by atoms with Gasteiger partial charge in [-0.15, -0.1) is 19.6 Å². The fourth-order valence-corrected chi connectivity index (χ4v) is 10.9. The minimum absolute atomic E-state index is 0. The molecule has 56 heavy (non-hydrogen) atoms. The molecule has 5 heteroatoms. The van der Waals surface area contributed by atoms with Gasteiger partial charge in [-0.1, -0.05) is 152 Å². The molecule has 0 N–H and O–H groups in total. The van der Waals surface area contributed by atoms with Gasteiger partial charge >= 0.3 is 0 Å². The molecular weight excluding hydrogens is 861 g/mol. The quantitative estimate of drug-likeness (QED) is 0.179. The first-order valence-corrected chi connectivity index (χ1v) is 22.9. The van der Waals surface area contributed by atoms with Crippen LogP contribution in [-0.4, -0.2) is 42.3 Å². The van der Waals surface area contributed by atoms with Crippen molar-refractivity contribution in [3.63, 3.8) is 0 Å². The van der Waals surface area contributed by atoms with Crippen molar-refractivity contribution in [2.24, 2.45) is 17.8 Å². The molecule has 3 saturated heterocycles. The van der Waals surface area contributed by atoms with Crippen LogP contribution in [0.4, 0.5) is 0 Å². The third kappa shape index (κ3) is 10.8. The predicted molar refractivity (Wildman–Crippen MR) is 235 cm³/mol. The van der Waals surface area contributed by atoms with E-state index in [-0.39, 0.29) is 20.1 Å². The minimum Gasteiger partial charge on any atom is -0.661 e. The molecule has 10 rings (SSSR count). The Morgan fingerprint density at radius 3 is 1.52 bits per heavy atom. The molecule has 3 saturated carbocycles. The van der Waals surface area contributed by atoms with Gasteiger partial charge in [-0.05, 0) is 41.8 Å². The molecule has 0 amide bonds. The normalized spacial score (nSPS) is 29.9. The van der Waals surface area contributed by atoms with E-state index in [2.05, 4.69) is 96.6 Å². The molecule has 6 aliphatic rings. The molecular formula is C51H68IrN4-6. The van der Waals surface area contributed by atoms with Crippen molar-refractivity contribution < 1.29 is 20.1 Å². The summed E-state index contributed by atoms with van der Waals surface area (Å²) in [6.45, 7) is 3.35. The Hall–Kier alpha value is -2.01. The summed E-state index contributed by atoms with van der Waals surface area (Å²) >= 11 is 0. The first kappa shape index (κ1) is 42.1. The number of hydrogen-bond acceptors (Lipinski definition) is 0. The zero-order chi connectivity index (χ0) is 37.1. The van der Waals surface area contributed by atoms with Crippen LogP contribution in [0.5, 0.6) is 0 Å². The maximum atomic E-state index is 4.92. The van der Waals surface area contributed by atoms with Crippen molar-refractivity contribution in [3.05, 3.63) is 114 Å². The summed E-state index contributed by atoms with van der Waals surface area (Å²) < 4.78 is 2.40. The molecule has 1 aromatic heterocycles. The maximum Gasteiger partial charge on any atom is 0.0541 e. The number of fused-ring (bicyclic) bond motifs is 3. The molecule has 3 aliphatic carbocycles. The van der Waals surface area contributed by atoms with E-state index in [0.717, 1.165) is 31.5 Å². The molecule has 307 valence electrons. The van der Waals surface area contributed by atoms with Crippen molar-refractivity contribution in [2.75, 3.05) is 19.6 Å². The zero-order valence-electron chi connectivity index (χ0n) is 34.1. The molecule has 4 nitrogen and oxygen atoms in total. The summed E-state index contributed by atoms with van der Waals surface area (Å²) in [6, 6.07) is 28.8. The number of benzene rings is 3. The molecule has 0 bridgehead atoms. The summed E-state index contributed by atoms with van der Waals surface area (Å²) in [6.07, 6.45) is 34.9. The third-order valence-electron chi connectivity index (χ3n) is 14.0. The molecule has 0 spiro atoms. The Bertz CT molecular complexity index is 1630. The second kappa shape index (κ2) is 21.8. The second-order valence-electron chi connectivity index (χ2n) is 17.7. The topological polar surface area (TPSA) is 47.2 Å². The molecule has 1 radical (unpaired) electrons. The molecule has 4 aromatic rings. The Labute approximate surface area is 353 Å². The van der Waals surface area contributed by atoms with Gasteiger partial charge in [0.15, 0.2) is 0 Å². The van der Waals surface area contributed by atoms with Crippen molar-refractivity contribution in [3.8, 4) is 5.69 Å². The molecule has 4 heterocycles. The van der Waals surface area contributed by atoms with Crippen LogP contribution in [0.2, 0.25) is 0 Å². The first-order valence-electron chi connectivity index (χ1n) is 22.9. The van der Waals surface area contributed by atoms with Crippen LogP contribution < -0.4 is 0 Å². The van der Waals surface area contributed by atoms with Crippen LogP contribution in [0.15, 0.2) is 72.8 Å². The first-order chi connectivity index (χ1) is 27.3. The van der Waals surface area contributed by atoms with E-state index in [0.29, 0.717) is 30.0 Å². The van der Waals surface area contributed by atoms with Crippen LogP contribution in [-0.2, 0) is 20.1 Å². The van der Waals surface area contributed by atoms with Gasteiger partial charge in [-0.3, -0.25) is 0 Å². The number of hydrogen-bond donors (Lipinski definition) is 0. The molecule has 7 unspecified atom stereocenters. The van der Waals surface area contributed by atoms with Crippen LogP contribution in [0.3, 0.4) is 0 Å². The smallest absolute Gasteiger partial charge is 0.0541 e. The predicted octanol–water partition coefficient (Wildman–Crippen LogP) is 14.4. The van der Waals surface area contributed by atoms with Crippen LogP contribution in [0, 0.1) is 37.0 Å². The summed E-state index contributed by atoms with van der Waals surface area (Å²) in [5.74, 6) is 3.04. The van der Waals surface area contributed by atoms with Gasteiger partial charge in [-0.25, -0.2) is 0 Å². The fraction of sp³-hybridized carbons (Fsp3) is 0.588. The Morgan fingerprint density at radius 1 is 0.464 bits per heavy atom. The molecule has 3 aliphatic heterocycles. The monoisotopic (exact) mass is 930 g/mol.